The molecule has 1 aromatic carbocycles. The highest BCUT2D eigenvalue weighted by molar-refractivity contribution is 7.98. The van der Waals surface area contributed by atoms with Crippen LogP contribution in [0.25, 0.3) is 0 Å². The van der Waals surface area contributed by atoms with Gasteiger partial charge in [0.15, 0.2) is 0 Å². The molecule has 0 fully saturated rings. The number of anilines is 1. The van der Waals surface area contributed by atoms with E-state index in [4.69, 9.17) is 29.0 Å². The van der Waals surface area contributed by atoms with Crippen molar-refractivity contribution in [3.05, 3.63) is 52.1 Å². The summed E-state index contributed by atoms with van der Waals surface area (Å²) in [5.41, 5.74) is 3.29. The first-order valence-corrected chi connectivity index (χ1v) is 6.93. The number of thioether (sulfide) groups is 1. The Morgan fingerprint density at radius 1 is 1.22 bits per heavy atom. The molecule has 0 aliphatic carbocycles. The van der Waals surface area contributed by atoms with Gasteiger partial charge in [-0.15, -0.1) is 11.8 Å². The second-order valence-corrected chi connectivity index (χ2v) is 5.41. The van der Waals surface area contributed by atoms with Crippen LogP contribution in [0.3, 0.4) is 0 Å². The zero-order chi connectivity index (χ0) is 13.0. The lowest BCUT2D eigenvalue weighted by Crippen LogP contribution is -2.09. The van der Waals surface area contributed by atoms with Gasteiger partial charge in [-0.3, -0.25) is 0 Å². The van der Waals surface area contributed by atoms with E-state index in [9.17, 15) is 0 Å². The van der Waals surface area contributed by atoms with E-state index in [1.165, 1.54) is 0 Å². The van der Waals surface area contributed by atoms with Crippen LogP contribution in [0.1, 0.15) is 5.69 Å². The fraction of sp³-hybridized carbons (Fsp3) is 0.0833. The van der Waals surface area contributed by atoms with E-state index < -0.39 is 0 Å². The average Bonchev–Trinajstić information content (AvgIpc) is 2.38. The van der Waals surface area contributed by atoms with Crippen LogP contribution in [0.2, 0.25) is 10.0 Å². The molecule has 1 aromatic heterocycles. The lowest BCUT2D eigenvalue weighted by Gasteiger charge is -2.06. The highest BCUT2D eigenvalue weighted by Gasteiger charge is 2.05. The van der Waals surface area contributed by atoms with E-state index in [2.05, 4.69) is 10.4 Å². The van der Waals surface area contributed by atoms with Crippen LogP contribution in [0.4, 0.5) is 5.82 Å². The number of rotatable bonds is 4. The van der Waals surface area contributed by atoms with Gasteiger partial charge in [0.05, 0.1) is 10.7 Å². The predicted molar refractivity (Wildman–Crippen MR) is 78.1 cm³/mol. The Balaban J connectivity index is 2.10. The molecule has 0 aliphatic heterocycles. The van der Waals surface area contributed by atoms with Crippen molar-refractivity contribution in [3.63, 3.8) is 0 Å². The van der Waals surface area contributed by atoms with E-state index in [-0.39, 0.29) is 0 Å². The summed E-state index contributed by atoms with van der Waals surface area (Å²) < 4.78 is 0. The van der Waals surface area contributed by atoms with Crippen LogP contribution in [0.5, 0.6) is 0 Å². The van der Waals surface area contributed by atoms with Gasteiger partial charge >= 0.3 is 0 Å². The highest BCUT2D eigenvalue weighted by atomic mass is 35.5. The smallest absolute Gasteiger partial charge is 0.140 e. The first-order chi connectivity index (χ1) is 8.69. The quantitative estimate of drug-likeness (QED) is 0.510. The SMILES string of the molecule is NNc1ccc(Cl)c(CSc2cccc(Cl)c2)n1. The fourth-order valence-corrected chi connectivity index (χ4v) is 2.79. The molecule has 0 radical (unpaired) electrons. The summed E-state index contributed by atoms with van der Waals surface area (Å²) in [5.74, 6) is 6.58. The van der Waals surface area contributed by atoms with E-state index >= 15 is 0 Å². The number of aromatic nitrogens is 1. The molecule has 0 aliphatic rings. The van der Waals surface area contributed by atoms with Gasteiger partial charge in [0.2, 0.25) is 0 Å². The molecule has 0 bridgehead atoms. The molecule has 0 unspecified atom stereocenters. The number of nitrogens with one attached hydrogen (secondary N) is 1. The number of pyridine rings is 1. The molecule has 1 heterocycles. The summed E-state index contributed by atoms with van der Waals surface area (Å²) in [6.07, 6.45) is 0. The molecule has 0 saturated heterocycles. The largest absolute Gasteiger partial charge is 0.308 e. The number of nitrogens with zero attached hydrogens (tertiary/aromatic N) is 1. The number of hydrogen-bond acceptors (Lipinski definition) is 4. The Bertz CT molecular complexity index is 549. The van der Waals surface area contributed by atoms with E-state index in [1.807, 2.05) is 24.3 Å². The van der Waals surface area contributed by atoms with Gasteiger partial charge in [0.1, 0.15) is 5.82 Å². The van der Waals surface area contributed by atoms with E-state index in [1.54, 1.807) is 23.9 Å². The fourth-order valence-electron chi connectivity index (χ4n) is 1.37. The first kappa shape index (κ1) is 13.5. The van der Waals surface area contributed by atoms with Gasteiger partial charge in [-0.05, 0) is 30.3 Å². The van der Waals surface area contributed by atoms with Gasteiger partial charge in [-0.25, -0.2) is 10.8 Å². The van der Waals surface area contributed by atoms with E-state index in [0.717, 1.165) is 15.6 Å². The molecule has 94 valence electrons. The van der Waals surface area contributed by atoms with Crippen molar-refractivity contribution in [2.24, 2.45) is 5.84 Å². The second kappa shape index (κ2) is 6.29. The summed E-state index contributed by atoms with van der Waals surface area (Å²) in [6.45, 7) is 0. The minimum atomic E-state index is 0.598. The number of halogens is 2. The second-order valence-electron chi connectivity index (χ2n) is 3.52. The summed E-state index contributed by atoms with van der Waals surface area (Å²) in [6, 6.07) is 11.2. The molecule has 6 heteroatoms. The van der Waals surface area contributed by atoms with Gasteiger partial charge in [-0.1, -0.05) is 29.3 Å². The van der Waals surface area contributed by atoms with Gasteiger partial charge < -0.3 is 5.43 Å². The van der Waals surface area contributed by atoms with Crippen LogP contribution in [0.15, 0.2) is 41.3 Å². The Morgan fingerprint density at radius 3 is 2.78 bits per heavy atom. The maximum atomic E-state index is 6.08. The molecular weight excluding hydrogens is 289 g/mol. The van der Waals surface area contributed by atoms with Crippen molar-refractivity contribution in [1.82, 2.24) is 4.98 Å². The topological polar surface area (TPSA) is 50.9 Å². The standard InChI is InChI=1S/C12H11Cl2N3S/c13-8-2-1-3-9(6-8)18-7-11-10(14)4-5-12(16-11)17-15/h1-6H,7,15H2,(H,16,17). The summed E-state index contributed by atoms with van der Waals surface area (Å²) in [7, 11) is 0. The Morgan fingerprint density at radius 2 is 2.06 bits per heavy atom. The third-order valence-corrected chi connectivity index (χ3v) is 3.82. The van der Waals surface area contributed by atoms with Crippen LogP contribution in [0, 0.1) is 0 Å². The Labute approximate surface area is 120 Å². The third-order valence-electron chi connectivity index (χ3n) is 2.24. The van der Waals surface area contributed by atoms with E-state index in [0.29, 0.717) is 16.6 Å². The van der Waals surface area contributed by atoms with Crippen molar-refractivity contribution >= 4 is 40.8 Å². The normalized spacial score (nSPS) is 10.4. The zero-order valence-corrected chi connectivity index (χ0v) is 11.7. The summed E-state index contributed by atoms with van der Waals surface area (Å²) in [4.78, 5) is 5.38. The molecule has 0 amide bonds. The van der Waals surface area contributed by atoms with Crippen molar-refractivity contribution in [2.75, 3.05) is 5.43 Å². The number of nitrogen functional groups attached to an aromatic ring is 1. The molecule has 0 spiro atoms. The Hall–Kier alpha value is -0.940. The van der Waals surface area contributed by atoms with Crippen molar-refractivity contribution < 1.29 is 0 Å². The maximum absolute atomic E-state index is 6.08. The lowest BCUT2D eigenvalue weighted by atomic mass is 10.4. The van der Waals surface area contributed by atoms with Crippen molar-refractivity contribution in [2.45, 2.75) is 10.6 Å². The van der Waals surface area contributed by atoms with Crippen LogP contribution in [-0.2, 0) is 5.75 Å². The predicted octanol–water partition coefficient (Wildman–Crippen LogP) is 3.97. The van der Waals surface area contributed by atoms with Crippen molar-refractivity contribution in [3.8, 4) is 0 Å². The number of nitrogens with two attached hydrogens (primary N) is 1. The molecule has 2 aromatic rings. The molecule has 0 atom stereocenters. The lowest BCUT2D eigenvalue weighted by molar-refractivity contribution is 1.14. The molecule has 3 nitrogen and oxygen atoms in total. The third kappa shape index (κ3) is 3.53. The highest BCUT2D eigenvalue weighted by Crippen LogP contribution is 2.27. The monoisotopic (exact) mass is 299 g/mol. The molecule has 2 rings (SSSR count). The minimum Gasteiger partial charge on any atom is -0.308 e. The number of hydrogen-bond donors (Lipinski definition) is 2. The molecular formula is C12H11Cl2N3S. The first-order valence-electron chi connectivity index (χ1n) is 5.19. The minimum absolute atomic E-state index is 0.598. The summed E-state index contributed by atoms with van der Waals surface area (Å²) >= 11 is 13.6. The average molecular weight is 300 g/mol. The summed E-state index contributed by atoms with van der Waals surface area (Å²) in [5, 5.41) is 1.35. The maximum Gasteiger partial charge on any atom is 0.140 e. The van der Waals surface area contributed by atoms with Gasteiger partial charge in [-0.2, -0.15) is 0 Å². The van der Waals surface area contributed by atoms with Crippen LogP contribution >= 0.6 is 35.0 Å². The number of hydrazine groups is 1. The van der Waals surface area contributed by atoms with Gasteiger partial charge in [0.25, 0.3) is 0 Å². The van der Waals surface area contributed by atoms with Gasteiger partial charge in [0, 0.05) is 15.7 Å². The van der Waals surface area contributed by atoms with Crippen molar-refractivity contribution in [1.29, 1.82) is 0 Å². The number of benzene rings is 1. The van der Waals surface area contributed by atoms with Crippen LogP contribution in [-0.4, -0.2) is 4.98 Å². The Kier molecular flexibility index (Phi) is 4.72. The van der Waals surface area contributed by atoms with Crippen LogP contribution < -0.4 is 11.3 Å². The molecule has 0 saturated carbocycles. The zero-order valence-electron chi connectivity index (χ0n) is 9.36. The molecule has 3 N–H and O–H groups in total. The molecule has 18 heavy (non-hydrogen) atoms.